The summed E-state index contributed by atoms with van der Waals surface area (Å²) in [5.41, 5.74) is 0.796. The highest BCUT2D eigenvalue weighted by molar-refractivity contribution is 5.65. The Morgan fingerprint density at radius 3 is 2.53 bits per heavy atom. The van der Waals surface area contributed by atoms with Crippen molar-refractivity contribution in [1.82, 2.24) is 10.3 Å². The van der Waals surface area contributed by atoms with Crippen molar-refractivity contribution >= 4 is 6.09 Å². The third-order valence-electron chi connectivity index (χ3n) is 2.37. The lowest BCUT2D eigenvalue weighted by Crippen LogP contribution is -2.35. The van der Waals surface area contributed by atoms with E-state index in [1.54, 1.807) is 12.1 Å². The molecule has 5 nitrogen and oxygen atoms in total. The first-order chi connectivity index (χ1) is 7.84. The van der Waals surface area contributed by atoms with Gasteiger partial charge < -0.3 is 10.4 Å². The molecule has 90 valence electrons. The minimum absolute atomic E-state index is 0.270. The first kappa shape index (κ1) is 13.0. The maximum absolute atomic E-state index is 10.8. The van der Waals surface area contributed by atoms with Crippen LogP contribution in [0.3, 0.4) is 0 Å². The van der Waals surface area contributed by atoms with E-state index in [9.17, 15) is 4.79 Å². The number of nitrogens with zero attached hydrogens (tertiary/aromatic N) is 2. The number of rotatable bonds is 2. The van der Waals surface area contributed by atoms with Crippen molar-refractivity contribution in [2.75, 3.05) is 0 Å². The number of carbonyl (C=O) groups is 1. The second-order valence-corrected chi connectivity index (χ2v) is 4.84. The van der Waals surface area contributed by atoms with E-state index >= 15 is 0 Å². The highest BCUT2D eigenvalue weighted by Crippen LogP contribution is 2.32. The van der Waals surface area contributed by atoms with Crippen molar-refractivity contribution in [1.29, 1.82) is 5.26 Å². The van der Waals surface area contributed by atoms with Crippen LogP contribution in [0.15, 0.2) is 18.3 Å². The fourth-order valence-electron chi connectivity index (χ4n) is 1.57. The van der Waals surface area contributed by atoms with Gasteiger partial charge in [-0.2, -0.15) is 5.26 Å². The van der Waals surface area contributed by atoms with Crippen LogP contribution in [0, 0.1) is 16.7 Å². The fraction of sp³-hybridized carbons (Fsp3) is 0.417. The Morgan fingerprint density at radius 2 is 2.18 bits per heavy atom. The molecule has 1 heterocycles. The van der Waals surface area contributed by atoms with Gasteiger partial charge in [-0.15, -0.1) is 0 Å². The number of nitriles is 1. The summed E-state index contributed by atoms with van der Waals surface area (Å²) in [6, 6.07) is 4.86. The van der Waals surface area contributed by atoms with E-state index in [0.29, 0.717) is 5.69 Å². The van der Waals surface area contributed by atoms with Crippen molar-refractivity contribution in [3.63, 3.8) is 0 Å². The average Bonchev–Trinajstić information content (AvgIpc) is 2.24. The highest BCUT2D eigenvalue weighted by Gasteiger charge is 2.28. The van der Waals surface area contributed by atoms with Gasteiger partial charge in [-0.05, 0) is 17.0 Å². The molecule has 0 aliphatic rings. The van der Waals surface area contributed by atoms with Crippen LogP contribution in [0.4, 0.5) is 4.79 Å². The second kappa shape index (κ2) is 4.83. The molecule has 1 aromatic rings. The van der Waals surface area contributed by atoms with Crippen LogP contribution in [0.5, 0.6) is 0 Å². The van der Waals surface area contributed by atoms with E-state index < -0.39 is 6.09 Å². The Kier molecular flexibility index (Phi) is 3.69. The Hall–Kier alpha value is -2.09. The predicted octanol–water partition coefficient (Wildman–Crippen LogP) is 2.31. The predicted molar refractivity (Wildman–Crippen MR) is 62.3 cm³/mol. The van der Waals surface area contributed by atoms with E-state index in [1.165, 1.54) is 6.20 Å². The first-order valence-electron chi connectivity index (χ1n) is 5.20. The van der Waals surface area contributed by atoms with Gasteiger partial charge >= 0.3 is 6.09 Å². The summed E-state index contributed by atoms with van der Waals surface area (Å²) in [6.07, 6.45) is 0.457. The van der Waals surface area contributed by atoms with Crippen molar-refractivity contribution in [3.05, 3.63) is 29.6 Å². The molecule has 0 spiro atoms. The van der Waals surface area contributed by atoms with Gasteiger partial charge in [0.2, 0.25) is 0 Å². The van der Waals surface area contributed by atoms with Crippen LogP contribution in [0.1, 0.15) is 38.1 Å². The molecule has 1 unspecified atom stereocenters. The molecule has 0 aliphatic carbocycles. The number of nitrogens with one attached hydrogen (secondary N) is 1. The topological polar surface area (TPSA) is 86.0 Å². The molecule has 17 heavy (non-hydrogen) atoms. The van der Waals surface area contributed by atoms with Gasteiger partial charge in [0.1, 0.15) is 11.8 Å². The number of hydrogen-bond donors (Lipinski definition) is 2. The van der Waals surface area contributed by atoms with Gasteiger partial charge in [-0.3, -0.25) is 0 Å². The number of pyridine rings is 1. The minimum atomic E-state index is -1.07. The lowest BCUT2D eigenvalue weighted by atomic mass is 9.83. The molecular formula is C12H15N3O2. The van der Waals surface area contributed by atoms with E-state index in [4.69, 9.17) is 10.4 Å². The largest absolute Gasteiger partial charge is 0.465 e. The molecule has 2 N–H and O–H groups in total. The van der Waals surface area contributed by atoms with Gasteiger partial charge in [0.05, 0.1) is 6.04 Å². The molecular weight excluding hydrogens is 218 g/mol. The number of aromatic nitrogens is 1. The summed E-state index contributed by atoms with van der Waals surface area (Å²) >= 11 is 0. The minimum Gasteiger partial charge on any atom is -0.465 e. The molecule has 0 aliphatic heterocycles. The molecule has 1 amide bonds. The van der Waals surface area contributed by atoms with Crippen molar-refractivity contribution in [2.45, 2.75) is 26.8 Å². The van der Waals surface area contributed by atoms with Gasteiger partial charge in [0.15, 0.2) is 0 Å². The molecule has 0 saturated carbocycles. The third-order valence-corrected chi connectivity index (χ3v) is 2.37. The van der Waals surface area contributed by atoms with E-state index in [0.717, 1.165) is 5.56 Å². The van der Waals surface area contributed by atoms with Gasteiger partial charge in [-0.25, -0.2) is 9.78 Å². The maximum Gasteiger partial charge on any atom is 0.405 e. The molecule has 5 heteroatoms. The highest BCUT2D eigenvalue weighted by atomic mass is 16.4. The van der Waals surface area contributed by atoms with Gasteiger partial charge in [0.25, 0.3) is 0 Å². The van der Waals surface area contributed by atoms with Crippen LogP contribution in [-0.4, -0.2) is 16.2 Å². The smallest absolute Gasteiger partial charge is 0.405 e. The lowest BCUT2D eigenvalue weighted by Gasteiger charge is -2.30. The number of hydrogen-bond acceptors (Lipinski definition) is 3. The van der Waals surface area contributed by atoms with E-state index in [-0.39, 0.29) is 11.5 Å². The monoisotopic (exact) mass is 233 g/mol. The quantitative estimate of drug-likeness (QED) is 0.820. The number of amides is 1. The summed E-state index contributed by atoms with van der Waals surface area (Å²) < 4.78 is 0. The van der Waals surface area contributed by atoms with Crippen molar-refractivity contribution < 1.29 is 9.90 Å². The maximum atomic E-state index is 10.8. The van der Waals surface area contributed by atoms with E-state index in [1.807, 2.05) is 26.8 Å². The van der Waals surface area contributed by atoms with Crippen LogP contribution in [0.2, 0.25) is 0 Å². The zero-order valence-corrected chi connectivity index (χ0v) is 10.1. The second-order valence-electron chi connectivity index (χ2n) is 4.84. The number of carboxylic acid groups (broad SMARTS) is 1. The summed E-state index contributed by atoms with van der Waals surface area (Å²) in [7, 11) is 0. The third kappa shape index (κ3) is 3.45. The SMILES string of the molecule is CC(C)(C)C(NC(=O)O)c1ccc(C#N)nc1. The Balaban J connectivity index is 3.05. The molecule has 0 fully saturated rings. The lowest BCUT2D eigenvalue weighted by molar-refractivity contribution is 0.175. The average molecular weight is 233 g/mol. The standard InChI is InChI=1S/C12H15N3O2/c1-12(2,3)10(15-11(16)17)8-4-5-9(6-13)14-7-8/h4-5,7,10,15H,1-3H3,(H,16,17). The van der Waals surface area contributed by atoms with Crippen LogP contribution in [0.25, 0.3) is 0 Å². The summed E-state index contributed by atoms with van der Waals surface area (Å²) in [6.45, 7) is 5.81. The normalized spacial score (nSPS) is 12.6. The molecule has 1 aromatic heterocycles. The van der Waals surface area contributed by atoms with Crippen LogP contribution < -0.4 is 5.32 Å². The van der Waals surface area contributed by atoms with Crippen molar-refractivity contribution in [2.24, 2.45) is 5.41 Å². The Bertz CT molecular complexity index is 440. The zero-order chi connectivity index (χ0) is 13.1. The first-order valence-corrected chi connectivity index (χ1v) is 5.20. The molecule has 0 saturated heterocycles. The summed E-state index contributed by atoms with van der Waals surface area (Å²) in [5, 5.41) is 19.9. The zero-order valence-electron chi connectivity index (χ0n) is 10.1. The Morgan fingerprint density at radius 1 is 1.53 bits per heavy atom. The molecule has 1 rings (SSSR count). The summed E-state index contributed by atoms with van der Waals surface area (Å²) in [5.74, 6) is 0. The molecule has 0 aromatic carbocycles. The summed E-state index contributed by atoms with van der Waals surface area (Å²) in [4.78, 5) is 14.7. The van der Waals surface area contributed by atoms with Crippen LogP contribution in [-0.2, 0) is 0 Å². The Labute approximate surface area is 100 Å². The van der Waals surface area contributed by atoms with Crippen LogP contribution >= 0.6 is 0 Å². The molecule has 0 bridgehead atoms. The molecule has 1 atom stereocenters. The van der Waals surface area contributed by atoms with Crippen molar-refractivity contribution in [3.8, 4) is 6.07 Å². The fourth-order valence-corrected chi connectivity index (χ4v) is 1.57. The molecule has 0 radical (unpaired) electrons. The van der Waals surface area contributed by atoms with Gasteiger partial charge in [0, 0.05) is 6.20 Å². The van der Waals surface area contributed by atoms with E-state index in [2.05, 4.69) is 10.3 Å². The van der Waals surface area contributed by atoms with Gasteiger partial charge in [-0.1, -0.05) is 26.8 Å².